The quantitative estimate of drug-likeness (QED) is 0.196. The van der Waals surface area contributed by atoms with Crippen LogP contribution in [0.5, 0.6) is 0 Å². The molecular weight excluding hydrogens is 440 g/mol. The Kier molecular flexibility index (Phi) is 10.7. The van der Waals surface area contributed by atoms with E-state index in [4.69, 9.17) is 0 Å². The fourth-order valence-electron chi connectivity index (χ4n) is 5.76. The molecule has 0 nitrogen and oxygen atoms in total. The van der Waals surface area contributed by atoms with Gasteiger partial charge in [-0.05, 0) is 61.5 Å². The number of benzene rings is 2. The summed E-state index contributed by atoms with van der Waals surface area (Å²) >= 11 is 4.06. The average molecular weight is 484 g/mol. The van der Waals surface area contributed by atoms with Crippen molar-refractivity contribution < 1.29 is 0 Å². The Hall–Kier alpha value is -1.08. The monoisotopic (exact) mass is 482 g/mol. The first kappa shape index (κ1) is 24.6. The van der Waals surface area contributed by atoms with Gasteiger partial charge in [0.1, 0.15) is 0 Å². The molecule has 0 N–H and O–H groups in total. The molecule has 1 saturated carbocycles. The van der Waals surface area contributed by atoms with Crippen LogP contribution < -0.4 is 0 Å². The van der Waals surface area contributed by atoms with Crippen molar-refractivity contribution in [3.63, 3.8) is 0 Å². The highest BCUT2D eigenvalue weighted by Crippen LogP contribution is 2.45. The van der Waals surface area contributed by atoms with Gasteiger partial charge in [0.2, 0.25) is 0 Å². The number of hydrogen-bond acceptors (Lipinski definition) is 0. The van der Waals surface area contributed by atoms with Gasteiger partial charge in [0.15, 0.2) is 0 Å². The second kappa shape index (κ2) is 13.5. The van der Waals surface area contributed by atoms with Crippen LogP contribution in [-0.4, -0.2) is 4.83 Å². The molecule has 170 valence electrons. The Morgan fingerprint density at radius 3 is 1.87 bits per heavy atom. The molecule has 0 heterocycles. The second-order valence-corrected chi connectivity index (χ2v) is 11.3. The summed E-state index contributed by atoms with van der Waals surface area (Å²) in [7, 11) is 0. The largest absolute Gasteiger partial charge is 0.0891 e. The molecule has 1 aliphatic carbocycles. The van der Waals surface area contributed by atoms with E-state index < -0.39 is 0 Å². The minimum atomic E-state index is 0.501. The average Bonchev–Trinajstić information content (AvgIpc) is 2.81. The van der Waals surface area contributed by atoms with E-state index >= 15 is 0 Å². The van der Waals surface area contributed by atoms with Crippen LogP contribution in [0.15, 0.2) is 60.7 Å². The number of hydrogen-bond donors (Lipinski definition) is 0. The molecule has 2 aromatic rings. The summed E-state index contributed by atoms with van der Waals surface area (Å²) in [5.74, 6) is 0.501. The molecule has 1 fully saturated rings. The van der Waals surface area contributed by atoms with Crippen molar-refractivity contribution in [2.24, 2.45) is 5.41 Å². The first-order valence-corrected chi connectivity index (χ1v) is 13.9. The molecule has 3 rings (SSSR count). The fraction of sp³-hybridized carbons (Fsp3) is 0.600. The van der Waals surface area contributed by atoms with Gasteiger partial charge >= 0.3 is 0 Å². The maximum absolute atomic E-state index is 4.06. The summed E-state index contributed by atoms with van der Waals surface area (Å²) in [5, 5.41) is 0. The lowest BCUT2D eigenvalue weighted by molar-refractivity contribution is 0.147. The van der Waals surface area contributed by atoms with Gasteiger partial charge in [-0.25, -0.2) is 0 Å². The molecule has 0 saturated heterocycles. The Bertz CT molecular complexity index is 662. The van der Waals surface area contributed by atoms with Crippen molar-refractivity contribution in [2.75, 3.05) is 0 Å². The minimum absolute atomic E-state index is 0.501. The van der Waals surface area contributed by atoms with Crippen molar-refractivity contribution in [1.29, 1.82) is 0 Å². The molecule has 1 unspecified atom stereocenters. The molecule has 0 spiro atoms. The van der Waals surface area contributed by atoms with Gasteiger partial charge in [0, 0.05) is 10.7 Å². The highest BCUT2D eigenvalue weighted by molar-refractivity contribution is 9.09. The Balaban J connectivity index is 1.50. The van der Waals surface area contributed by atoms with E-state index in [2.05, 4.69) is 83.5 Å². The van der Waals surface area contributed by atoms with Crippen LogP contribution >= 0.6 is 15.9 Å². The summed E-state index contributed by atoms with van der Waals surface area (Å²) < 4.78 is 0. The number of unbranched alkanes of at least 4 members (excludes halogenated alkanes) is 2. The minimum Gasteiger partial charge on any atom is -0.0891 e. The lowest BCUT2D eigenvalue weighted by Crippen LogP contribution is -2.24. The van der Waals surface area contributed by atoms with Crippen molar-refractivity contribution in [3.8, 4) is 0 Å². The first-order valence-electron chi connectivity index (χ1n) is 13.0. The number of alkyl halides is 1. The Morgan fingerprint density at radius 2 is 1.29 bits per heavy atom. The number of halogens is 1. The summed E-state index contributed by atoms with van der Waals surface area (Å²) in [6, 6.07) is 22.2. The summed E-state index contributed by atoms with van der Waals surface area (Å²) in [6.45, 7) is 2.33. The van der Waals surface area contributed by atoms with Crippen LogP contribution in [0.25, 0.3) is 0 Å². The van der Waals surface area contributed by atoms with E-state index in [1.807, 2.05) is 0 Å². The van der Waals surface area contributed by atoms with Crippen molar-refractivity contribution in [3.05, 3.63) is 71.8 Å². The molecule has 0 amide bonds. The first-order chi connectivity index (χ1) is 15.2. The van der Waals surface area contributed by atoms with E-state index in [9.17, 15) is 0 Å². The van der Waals surface area contributed by atoms with Gasteiger partial charge in [-0.15, -0.1) is 0 Å². The van der Waals surface area contributed by atoms with Crippen LogP contribution in [0.3, 0.4) is 0 Å². The van der Waals surface area contributed by atoms with Gasteiger partial charge in [-0.2, -0.15) is 0 Å². The van der Waals surface area contributed by atoms with Crippen molar-refractivity contribution in [1.82, 2.24) is 0 Å². The molecule has 0 aromatic heterocycles. The molecule has 1 heteroatoms. The molecule has 1 aliphatic rings. The third kappa shape index (κ3) is 8.08. The zero-order valence-corrected chi connectivity index (χ0v) is 21.3. The highest BCUT2D eigenvalue weighted by atomic mass is 79.9. The van der Waals surface area contributed by atoms with Gasteiger partial charge in [-0.3, -0.25) is 0 Å². The van der Waals surface area contributed by atoms with Crippen LogP contribution in [0.1, 0.15) is 114 Å². The van der Waals surface area contributed by atoms with E-state index in [1.165, 1.54) is 101 Å². The van der Waals surface area contributed by atoms with Crippen LogP contribution in [0, 0.1) is 5.41 Å². The standard InChI is InChI=1S/C30H43Br/c1-2-3-11-22-30(23-12-6-13-24-30)25-14-19-28(31)20-21-29(26-15-7-4-8-16-26)27-17-9-5-10-18-27/h4-5,7-10,15-18,28-29H,2-3,6,11-14,19-25H2,1H3. The zero-order valence-electron chi connectivity index (χ0n) is 19.7. The van der Waals surface area contributed by atoms with E-state index in [0.717, 1.165) is 0 Å². The van der Waals surface area contributed by atoms with Gasteiger partial charge < -0.3 is 0 Å². The predicted molar refractivity (Wildman–Crippen MR) is 140 cm³/mol. The number of rotatable bonds is 13. The second-order valence-electron chi connectivity index (χ2n) is 9.96. The molecule has 0 radical (unpaired) electrons. The third-order valence-electron chi connectivity index (χ3n) is 7.62. The van der Waals surface area contributed by atoms with E-state index in [0.29, 0.717) is 16.2 Å². The normalized spacial score (nSPS) is 17.0. The zero-order chi connectivity index (χ0) is 21.8. The summed E-state index contributed by atoms with van der Waals surface area (Å²) in [6.07, 6.45) is 19.7. The Morgan fingerprint density at radius 1 is 0.710 bits per heavy atom. The predicted octanol–water partition coefficient (Wildman–Crippen LogP) is 10.1. The SMILES string of the molecule is CCCCCC1(CCCC(Br)CCC(c2ccccc2)c2ccccc2)CCCCC1. The summed E-state index contributed by atoms with van der Waals surface area (Å²) in [5.41, 5.74) is 3.58. The third-order valence-corrected chi connectivity index (χ3v) is 8.54. The molecule has 2 aromatic carbocycles. The van der Waals surface area contributed by atoms with Crippen molar-refractivity contribution in [2.45, 2.75) is 108 Å². The topological polar surface area (TPSA) is 0 Å². The van der Waals surface area contributed by atoms with E-state index in [-0.39, 0.29) is 0 Å². The lowest BCUT2D eigenvalue weighted by Gasteiger charge is -2.38. The maximum Gasteiger partial charge on any atom is 0.0146 e. The molecule has 0 aliphatic heterocycles. The molecule has 0 bridgehead atoms. The summed E-state index contributed by atoms with van der Waals surface area (Å²) in [4.78, 5) is 0.638. The Labute approximate surface area is 200 Å². The fourth-order valence-corrected chi connectivity index (χ4v) is 6.35. The maximum atomic E-state index is 4.06. The molecular formula is C30H43Br. The van der Waals surface area contributed by atoms with Crippen LogP contribution in [0.2, 0.25) is 0 Å². The molecule has 31 heavy (non-hydrogen) atoms. The smallest absolute Gasteiger partial charge is 0.0146 e. The van der Waals surface area contributed by atoms with Crippen LogP contribution in [-0.2, 0) is 0 Å². The lowest BCUT2D eigenvalue weighted by atomic mass is 9.68. The highest BCUT2D eigenvalue weighted by Gasteiger charge is 2.31. The van der Waals surface area contributed by atoms with Crippen LogP contribution in [0.4, 0.5) is 0 Å². The van der Waals surface area contributed by atoms with Gasteiger partial charge in [0.25, 0.3) is 0 Å². The molecule has 1 atom stereocenters. The van der Waals surface area contributed by atoms with Gasteiger partial charge in [-0.1, -0.05) is 128 Å². The van der Waals surface area contributed by atoms with Crippen molar-refractivity contribution >= 4 is 15.9 Å². The van der Waals surface area contributed by atoms with E-state index in [1.54, 1.807) is 0 Å². The van der Waals surface area contributed by atoms with Gasteiger partial charge in [0.05, 0.1) is 0 Å².